The predicted octanol–water partition coefficient (Wildman–Crippen LogP) is 7.15. The van der Waals surface area contributed by atoms with Crippen LogP contribution in [0.4, 0.5) is 14.5 Å². The van der Waals surface area contributed by atoms with Gasteiger partial charge in [-0.3, -0.25) is 4.79 Å². The van der Waals surface area contributed by atoms with Crippen LogP contribution < -0.4 is 10.2 Å². The van der Waals surface area contributed by atoms with E-state index in [1.54, 1.807) is 12.1 Å². The zero-order valence-electron chi connectivity index (χ0n) is 24.5. The summed E-state index contributed by atoms with van der Waals surface area (Å²) < 4.78 is 28.2. The molecule has 0 unspecified atom stereocenters. The van der Waals surface area contributed by atoms with Gasteiger partial charge in [-0.05, 0) is 95.1 Å². The van der Waals surface area contributed by atoms with Gasteiger partial charge in [0, 0.05) is 30.4 Å². The Bertz CT molecular complexity index is 1650. The molecule has 9 heteroatoms. The lowest BCUT2D eigenvalue weighted by molar-refractivity contribution is -0.139. The van der Waals surface area contributed by atoms with Crippen molar-refractivity contribution >= 4 is 29.3 Å². The number of hydrogen-bond acceptors (Lipinski definition) is 5. The van der Waals surface area contributed by atoms with Crippen LogP contribution in [-0.4, -0.2) is 35.0 Å². The molecule has 1 amide bonds. The van der Waals surface area contributed by atoms with Gasteiger partial charge in [0.2, 0.25) is 0 Å². The van der Waals surface area contributed by atoms with Gasteiger partial charge in [-0.1, -0.05) is 42.5 Å². The third-order valence-corrected chi connectivity index (χ3v) is 7.88. The van der Waals surface area contributed by atoms with Gasteiger partial charge in [0.25, 0.3) is 5.91 Å². The number of nitrogens with zero attached hydrogens (tertiary/aromatic N) is 2. The number of nitrogens with one attached hydrogen (secondary N) is 1. The minimum atomic E-state index is -1.09. The average Bonchev–Trinajstić information content (AvgIpc) is 2.99. The molecule has 0 aliphatic carbocycles. The maximum Gasteiger partial charge on any atom is 0.326 e. The van der Waals surface area contributed by atoms with Gasteiger partial charge in [0.1, 0.15) is 17.7 Å². The van der Waals surface area contributed by atoms with E-state index in [0.29, 0.717) is 35.4 Å². The molecule has 0 aromatic heterocycles. The Labute approximate surface area is 260 Å². The monoisotopic (exact) mass is 613 g/mol. The molecule has 226 valence electrons. The van der Waals surface area contributed by atoms with E-state index in [9.17, 15) is 23.5 Å². The molecule has 4 aromatic rings. The number of amides is 1. The number of benzene rings is 4. The number of nitriles is 1. The molecule has 44 heavy (non-hydrogen) atoms. The molecule has 0 heterocycles. The fourth-order valence-electron chi connectivity index (χ4n) is 5.01. The lowest BCUT2D eigenvalue weighted by Crippen LogP contribution is -2.41. The maximum absolute atomic E-state index is 14.1. The Kier molecular flexibility index (Phi) is 11.1. The van der Waals surface area contributed by atoms with Crippen molar-refractivity contribution in [3.05, 3.63) is 124 Å². The topological polar surface area (TPSA) is 93.4 Å². The number of carboxylic acid groups (broad SMARTS) is 1. The second-order valence-corrected chi connectivity index (χ2v) is 11.5. The van der Waals surface area contributed by atoms with Crippen LogP contribution in [-0.2, 0) is 24.3 Å². The highest BCUT2D eigenvalue weighted by molar-refractivity contribution is 7.98. The Morgan fingerprint density at radius 1 is 0.909 bits per heavy atom. The fraction of sp³-hybridized carbons (Fsp3) is 0.229. The Balaban J connectivity index is 1.74. The molecule has 0 saturated carbocycles. The zero-order chi connectivity index (χ0) is 31.6. The lowest BCUT2D eigenvalue weighted by atomic mass is 9.93. The summed E-state index contributed by atoms with van der Waals surface area (Å²) in [5.74, 6) is -2.32. The Hall–Kier alpha value is -4.68. The molecule has 0 spiro atoms. The maximum atomic E-state index is 14.1. The van der Waals surface area contributed by atoms with Gasteiger partial charge >= 0.3 is 5.97 Å². The number of hydrogen-bond donors (Lipinski definition) is 2. The molecule has 1 atom stereocenters. The molecular weight excluding hydrogens is 580 g/mol. The predicted molar refractivity (Wildman–Crippen MR) is 171 cm³/mol. The molecule has 0 bridgehead atoms. The van der Waals surface area contributed by atoms with Crippen molar-refractivity contribution in [2.45, 2.75) is 38.9 Å². The lowest BCUT2D eigenvalue weighted by Gasteiger charge is -2.26. The van der Waals surface area contributed by atoms with Crippen molar-refractivity contribution in [1.29, 1.82) is 5.26 Å². The molecule has 4 aromatic carbocycles. The second kappa shape index (κ2) is 15.2. The Morgan fingerprint density at radius 2 is 1.57 bits per heavy atom. The van der Waals surface area contributed by atoms with E-state index in [1.165, 1.54) is 23.9 Å². The molecule has 6 nitrogen and oxygen atoms in total. The summed E-state index contributed by atoms with van der Waals surface area (Å²) in [5.41, 5.74) is 5.67. The van der Waals surface area contributed by atoms with Crippen molar-refractivity contribution in [2.24, 2.45) is 0 Å². The smallest absolute Gasteiger partial charge is 0.326 e. The Morgan fingerprint density at radius 3 is 2.20 bits per heavy atom. The first-order chi connectivity index (χ1) is 21.2. The average molecular weight is 614 g/mol. The molecule has 0 fully saturated rings. The largest absolute Gasteiger partial charge is 0.480 e. The van der Waals surface area contributed by atoms with Crippen molar-refractivity contribution < 1.29 is 23.5 Å². The highest BCUT2D eigenvalue weighted by atomic mass is 32.2. The first kappa shape index (κ1) is 32.2. The first-order valence-corrected chi connectivity index (χ1v) is 15.4. The van der Waals surface area contributed by atoms with Crippen LogP contribution in [0.3, 0.4) is 0 Å². The van der Waals surface area contributed by atoms with Gasteiger partial charge in [-0.25, -0.2) is 13.6 Å². The van der Waals surface area contributed by atoms with Crippen molar-refractivity contribution in [3.8, 4) is 17.2 Å². The second-order valence-electron chi connectivity index (χ2n) is 10.5. The van der Waals surface area contributed by atoms with Gasteiger partial charge in [0.15, 0.2) is 0 Å². The van der Waals surface area contributed by atoms with E-state index in [-0.39, 0.29) is 13.0 Å². The summed E-state index contributed by atoms with van der Waals surface area (Å²) >= 11 is 1.51. The summed E-state index contributed by atoms with van der Waals surface area (Å²) in [6, 6.07) is 25.0. The SMILES string of the molecule is CSCC[C@H](NC(=O)c1ccc(CN(Cc2cc(F)cc(F)c2)c2ccc(CC#N)cc2)cc1-c1ccccc1C)C(=O)O. The minimum absolute atomic E-state index is 0.198. The van der Waals surface area contributed by atoms with Crippen LogP contribution in [0.1, 0.15) is 39.0 Å². The summed E-state index contributed by atoms with van der Waals surface area (Å²) in [6.07, 6.45) is 2.44. The molecule has 0 saturated heterocycles. The van der Waals surface area contributed by atoms with Gasteiger partial charge in [-0.2, -0.15) is 17.0 Å². The van der Waals surface area contributed by atoms with Gasteiger partial charge in [0.05, 0.1) is 12.5 Å². The minimum Gasteiger partial charge on any atom is -0.480 e. The van der Waals surface area contributed by atoms with Crippen LogP contribution in [0.5, 0.6) is 0 Å². The molecule has 0 aliphatic rings. The standard InChI is InChI=1S/C35H33F2N3O3S/c1-23-5-3-4-6-30(23)32-19-25(9-12-31(32)34(41)39-33(35(42)43)14-16-44-2)21-40(22-26-17-27(36)20-28(37)18-26)29-10-7-24(8-11-29)13-15-38/h3-12,17-20,33H,13-14,16,21-22H2,1-2H3,(H,39,41)(H,42,43)/t33-/m0/s1. The summed E-state index contributed by atoms with van der Waals surface area (Å²) in [5, 5.41) is 21.4. The van der Waals surface area contributed by atoms with E-state index in [4.69, 9.17) is 5.26 Å². The van der Waals surface area contributed by atoms with Crippen molar-refractivity contribution in [1.82, 2.24) is 5.32 Å². The van der Waals surface area contributed by atoms with E-state index in [0.717, 1.165) is 34.0 Å². The van der Waals surface area contributed by atoms with Crippen molar-refractivity contribution in [3.63, 3.8) is 0 Å². The van der Waals surface area contributed by atoms with Crippen LogP contribution >= 0.6 is 11.8 Å². The molecular formula is C35H33F2N3O3S. The highest BCUT2D eigenvalue weighted by Gasteiger charge is 2.23. The third kappa shape index (κ3) is 8.45. The van der Waals surface area contributed by atoms with E-state index in [2.05, 4.69) is 11.4 Å². The number of aliphatic carboxylic acids is 1. The van der Waals surface area contributed by atoms with Gasteiger partial charge in [-0.15, -0.1) is 0 Å². The quantitative estimate of drug-likeness (QED) is 0.166. The van der Waals surface area contributed by atoms with Crippen LogP contribution in [0.25, 0.3) is 11.1 Å². The van der Waals surface area contributed by atoms with E-state index in [1.807, 2.05) is 72.7 Å². The summed E-state index contributed by atoms with van der Waals surface area (Å²) in [7, 11) is 0. The summed E-state index contributed by atoms with van der Waals surface area (Å²) in [4.78, 5) is 27.3. The molecule has 0 aliphatic heterocycles. The third-order valence-electron chi connectivity index (χ3n) is 7.23. The summed E-state index contributed by atoms with van der Waals surface area (Å²) in [6.45, 7) is 2.47. The number of anilines is 1. The first-order valence-electron chi connectivity index (χ1n) is 14.1. The molecule has 2 N–H and O–H groups in total. The van der Waals surface area contributed by atoms with Crippen molar-refractivity contribution in [2.75, 3.05) is 16.9 Å². The van der Waals surface area contributed by atoms with E-state index < -0.39 is 29.6 Å². The number of aryl methyl sites for hydroxylation is 1. The number of carboxylic acids is 1. The number of rotatable bonds is 13. The van der Waals surface area contributed by atoms with Crippen LogP contribution in [0.15, 0.2) is 84.9 Å². The number of halogens is 2. The normalized spacial score (nSPS) is 11.4. The number of thioether (sulfide) groups is 1. The van der Waals surface area contributed by atoms with Crippen LogP contribution in [0, 0.1) is 29.9 Å². The fourth-order valence-corrected chi connectivity index (χ4v) is 5.48. The van der Waals surface area contributed by atoms with Gasteiger partial charge < -0.3 is 15.3 Å². The zero-order valence-corrected chi connectivity index (χ0v) is 25.3. The molecule has 4 rings (SSSR count). The van der Waals surface area contributed by atoms with E-state index >= 15 is 0 Å². The highest BCUT2D eigenvalue weighted by Crippen LogP contribution is 2.30. The number of carbonyl (C=O) groups excluding carboxylic acids is 1. The molecule has 0 radical (unpaired) electrons. The number of carbonyl (C=O) groups is 2. The van der Waals surface area contributed by atoms with Crippen LogP contribution in [0.2, 0.25) is 0 Å².